The maximum absolute atomic E-state index is 12.2. The van der Waals surface area contributed by atoms with E-state index in [1.165, 1.54) is 4.88 Å². The van der Waals surface area contributed by atoms with E-state index in [9.17, 15) is 4.79 Å². The van der Waals surface area contributed by atoms with Gasteiger partial charge in [-0.2, -0.15) is 0 Å². The van der Waals surface area contributed by atoms with E-state index in [1.807, 2.05) is 6.20 Å². The van der Waals surface area contributed by atoms with Gasteiger partial charge >= 0.3 is 0 Å². The van der Waals surface area contributed by atoms with Crippen LogP contribution in [0.5, 0.6) is 0 Å². The third-order valence-electron chi connectivity index (χ3n) is 4.47. The molecule has 2 aliphatic rings. The van der Waals surface area contributed by atoms with Crippen LogP contribution in [0.4, 0.5) is 0 Å². The molecule has 3 rings (SSSR count). The minimum Gasteiger partial charge on any atom is -0.349 e. The molecule has 2 fully saturated rings. The highest BCUT2D eigenvalue weighted by molar-refractivity contribution is 7.11. The van der Waals surface area contributed by atoms with Gasteiger partial charge in [-0.05, 0) is 44.2 Å². The number of hydrogen-bond donors (Lipinski definition) is 2. The first kappa shape index (κ1) is 18.7. The van der Waals surface area contributed by atoms with Crippen molar-refractivity contribution in [3.8, 4) is 0 Å². The fraction of sp³-hybridized carbons (Fsp3) is 0.714. The van der Waals surface area contributed by atoms with Crippen molar-refractivity contribution in [2.45, 2.75) is 39.2 Å². The molecule has 7 heteroatoms. The van der Waals surface area contributed by atoms with Crippen LogP contribution in [0.25, 0.3) is 0 Å². The molecule has 120 valence electrons. The standard InChI is InChI=1S/C14H21N3OS.2ClH/c1-2-10-8-16-12(19-10)9-17-13(18)11-7-14(11)3-5-15-6-4-14;;/h8,11,15H,2-7,9H2,1H3,(H,17,18);2*1H. The highest BCUT2D eigenvalue weighted by Gasteiger charge is 2.57. The maximum Gasteiger partial charge on any atom is 0.224 e. The third kappa shape index (κ3) is 4.09. The number of nitrogens with zero attached hydrogens (tertiary/aromatic N) is 1. The number of carbonyl (C=O) groups excluding carboxylic acids is 1. The van der Waals surface area contributed by atoms with Crippen molar-refractivity contribution in [3.63, 3.8) is 0 Å². The number of thiazole rings is 1. The predicted molar refractivity (Wildman–Crippen MR) is 90.5 cm³/mol. The average molecular weight is 352 g/mol. The van der Waals surface area contributed by atoms with Crippen molar-refractivity contribution >= 4 is 42.1 Å². The number of carbonyl (C=O) groups is 1. The molecule has 1 amide bonds. The Hall–Kier alpha value is -0.360. The number of aryl methyl sites for hydroxylation is 1. The molecule has 1 aliphatic heterocycles. The fourth-order valence-corrected chi connectivity index (χ4v) is 3.88. The van der Waals surface area contributed by atoms with E-state index in [4.69, 9.17) is 0 Å². The van der Waals surface area contributed by atoms with E-state index in [0.29, 0.717) is 12.0 Å². The number of piperidine rings is 1. The van der Waals surface area contributed by atoms with Gasteiger partial charge in [-0.25, -0.2) is 4.98 Å². The molecule has 21 heavy (non-hydrogen) atoms. The summed E-state index contributed by atoms with van der Waals surface area (Å²) < 4.78 is 0. The molecule has 1 spiro atoms. The first-order valence-electron chi connectivity index (χ1n) is 7.15. The van der Waals surface area contributed by atoms with Gasteiger partial charge in [-0.1, -0.05) is 6.92 Å². The van der Waals surface area contributed by atoms with Gasteiger partial charge in [0, 0.05) is 17.0 Å². The normalized spacial score (nSPS) is 22.0. The number of hydrogen-bond acceptors (Lipinski definition) is 4. The second kappa shape index (κ2) is 7.77. The van der Waals surface area contributed by atoms with Crippen molar-refractivity contribution in [1.29, 1.82) is 0 Å². The lowest BCUT2D eigenvalue weighted by Crippen LogP contribution is -2.33. The summed E-state index contributed by atoms with van der Waals surface area (Å²) in [7, 11) is 0. The smallest absolute Gasteiger partial charge is 0.224 e. The quantitative estimate of drug-likeness (QED) is 0.876. The zero-order valence-corrected chi connectivity index (χ0v) is 14.6. The first-order chi connectivity index (χ1) is 9.23. The molecule has 1 unspecified atom stereocenters. The van der Waals surface area contributed by atoms with Crippen LogP contribution in [-0.2, 0) is 17.8 Å². The summed E-state index contributed by atoms with van der Waals surface area (Å²) in [5.41, 5.74) is 0.326. The van der Waals surface area contributed by atoms with Crippen LogP contribution in [0.1, 0.15) is 36.1 Å². The molecule has 0 radical (unpaired) electrons. The lowest BCUT2D eigenvalue weighted by atomic mass is 9.92. The summed E-state index contributed by atoms with van der Waals surface area (Å²) in [6.07, 6.45) is 6.32. The molecule has 4 nitrogen and oxygen atoms in total. The highest BCUT2D eigenvalue weighted by atomic mass is 35.5. The van der Waals surface area contributed by atoms with E-state index < -0.39 is 0 Å². The van der Waals surface area contributed by atoms with Crippen LogP contribution < -0.4 is 10.6 Å². The molecule has 2 N–H and O–H groups in total. The molecule has 0 bridgehead atoms. The Morgan fingerprint density at radius 3 is 2.81 bits per heavy atom. The molecule has 1 saturated carbocycles. The first-order valence-corrected chi connectivity index (χ1v) is 7.97. The largest absolute Gasteiger partial charge is 0.349 e. The van der Waals surface area contributed by atoms with E-state index >= 15 is 0 Å². The van der Waals surface area contributed by atoms with Gasteiger partial charge in [0.05, 0.1) is 6.54 Å². The van der Waals surface area contributed by atoms with Gasteiger partial charge < -0.3 is 10.6 Å². The monoisotopic (exact) mass is 351 g/mol. The Labute approximate surface area is 142 Å². The van der Waals surface area contributed by atoms with E-state index in [1.54, 1.807) is 11.3 Å². The summed E-state index contributed by atoms with van der Waals surface area (Å²) in [6, 6.07) is 0. The molecule has 0 aromatic carbocycles. The van der Waals surface area contributed by atoms with Crippen LogP contribution in [0.2, 0.25) is 0 Å². The van der Waals surface area contributed by atoms with Crippen molar-refractivity contribution in [1.82, 2.24) is 15.6 Å². The number of nitrogens with one attached hydrogen (secondary N) is 2. The van der Waals surface area contributed by atoms with Gasteiger partial charge in [0.25, 0.3) is 0 Å². The summed E-state index contributed by atoms with van der Waals surface area (Å²) in [5.74, 6) is 0.482. The second-order valence-electron chi connectivity index (χ2n) is 5.66. The number of amides is 1. The zero-order chi connectivity index (χ0) is 13.3. The SMILES string of the molecule is CCc1cnc(CNC(=O)C2CC23CCNCC3)s1.Cl.Cl. The summed E-state index contributed by atoms with van der Waals surface area (Å²) >= 11 is 1.70. The van der Waals surface area contributed by atoms with E-state index in [2.05, 4.69) is 22.5 Å². The molecule has 1 aliphatic carbocycles. The number of aromatic nitrogens is 1. The molecule has 1 aromatic rings. The van der Waals surface area contributed by atoms with Gasteiger partial charge in [0.1, 0.15) is 5.01 Å². The Bertz CT molecular complexity index is 475. The van der Waals surface area contributed by atoms with Crippen molar-refractivity contribution < 1.29 is 4.79 Å². The van der Waals surface area contributed by atoms with Crippen LogP contribution in [0.15, 0.2) is 6.20 Å². The van der Waals surface area contributed by atoms with Crippen molar-refractivity contribution in [2.75, 3.05) is 13.1 Å². The predicted octanol–water partition coefficient (Wildman–Crippen LogP) is 2.56. The fourth-order valence-electron chi connectivity index (χ4n) is 3.07. The lowest BCUT2D eigenvalue weighted by Gasteiger charge is -2.23. The van der Waals surface area contributed by atoms with Gasteiger partial charge in [-0.15, -0.1) is 36.2 Å². The van der Waals surface area contributed by atoms with Crippen LogP contribution in [-0.4, -0.2) is 24.0 Å². The van der Waals surface area contributed by atoms with E-state index in [0.717, 1.165) is 43.8 Å². The molecular weight excluding hydrogens is 329 g/mol. The minimum absolute atomic E-state index is 0. The highest BCUT2D eigenvalue weighted by Crippen LogP contribution is 2.58. The van der Waals surface area contributed by atoms with Gasteiger partial charge in [-0.3, -0.25) is 4.79 Å². The van der Waals surface area contributed by atoms with Crippen molar-refractivity contribution in [2.24, 2.45) is 11.3 Å². The zero-order valence-electron chi connectivity index (χ0n) is 12.2. The molecule has 1 aromatic heterocycles. The Balaban J connectivity index is 0.00000110. The summed E-state index contributed by atoms with van der Waals surface area (Å²) in [4.78, 5) is 17.8. The Morgan fingerprint density at radius 2 is 2.19 bits per heavy atom. The molecule has 1 saturated heterocycles. The third-order valence-corrected chi connectivity index (χ3v) is 5.61. The van der Waals surface area contributed by atoms with Gasteiger partial charge in [0.15, 0.2) is 0 Å². The summed E-state index contributed by atoms with van der Waals surface area (Å²) in [6.45, 7) is 4.85. The van der Waals surface area contributed by atoms with E-state index in [-0.39, 0.29) is 36.6 Å². The molecule has 2 heterocycles. The van der Waals surface area contributed by atoms with Crippen LogP contribution >= 0.6 is 36.2 Å². The van der Waals surface area contributed by atoms with Gasteiger partial charge in [0.2, 0.25) is 5.91 Å². The van der Waals surface area contributed by atoms with Crippen LogP contribution in [0, 0.1) is 11.3 Å². The Kier molecular flexibility index (Phi) is 6.91. The average Bonchev–Trinajstić information content (AvgIpc) is 2.93. The second-order valence-corrected chi connectivity index (χ2v) is 6.86. The molecular formula is C14H23Cl2N3OS. The number of halogens is 2. The lowest BCUT2D eigenvalue weighted by molar-refractivity contribution is -0.123. The minimum atomic E-state index is 0. The number of rotatable bonds is 4. The van der Waals surface area contributed by atoms with Crippen molar-refractivity contribution in [3.05, 3.63) is 16.1 Å². The Morgan fingerprint density at radius 1 is 1.48 bits per heavy atom. The maximum atomic E-state index is 12.2. The van der Waals surface area contributed by atoms with Crippen LogP contribution in [0.3, 0.4) is 0 Å². The molecule has 1 atom stereocenters. The summed E-state index contributed by atoms with van der Waals surface area (Å²) in [5, 5.41) is 7.44. The topological polar surface area (TPSA) is 54.0 Å².